The lowest BCUT2D eigenvalue weighted by Crippen LogP contribution is -2.33. The van der Waals surface area contributed by atoms with Gasteiger partial charge in [-0.25, -0.2) is 0 Å². The molecule has 1 aromatic heterocycles. The van der Waals surface area contributed by atoms with Gasteiger partial charge < -0.3 is 14.8 Å². The lowest BCUT2D eigenvalue weighted by atomic mass is 10.0. The van der Waals surface area contributed by atoms with Gasteiger partial charge in [-0.1, -0.05) is 13.0 Å². The van der Waals surface area contributed by atoms with Gasteiger partial charge in [0.05, 0.1) is 13.2 Å². The molecule has 1 unspecified atom stereocenters. The second-order valence-corrected chi connectivity index (χ2v) is 5.50. The first kappa shape index (κ1) is 15.7. The number of hydrogen-bond acceptors (Lipinski definition) is 4. The van der Waals surface area contributed by atoms with E-state index in [4.69, 9.17) is 9.47 Å². The zero-order valence-electron chi connectivity index (χ0n) is 12.5. The largest absolute Gasteiger partial charge is 0.352 e. The average Bonchev–Trinajstić information content (AvgIpc) is 2.90. The third kappa shape index (κ3) is 5.28. The highest BCUT2D eigenvalue weighted by molar-refractivity contribution is 5.91. The third-order valence-electron chi connectivity index (χ3n) is 3.35. The summed E-state index contributed by atoms with van der Waals surface area (Å²) in [6, 6.07) is 3.73. The van der Waals surface area contributed by atoms with Crippen molar-refractivity contribution in [3.05, 3.63) is 36.2 Å². The van der Waals surface area contributed by atoms with Crippen molar-refractivity contribution in [1.82, 2.24) is 10.3 Å². The van der Waals surface area contributed by atoms with Crippen molar-refractivity contribution in [3.8, 4) is 0 Å². The van der Waals surface area contributed by atoms with E-state index < -0.39 is 5.79 Å². The zero-order chi connectivity index (χ0) is 15.1. The molecule has 1 aliphatic rings. The molecule has 1 N–H and O–H groups in total. The van der Waals surface area contributed by atoms with Crippen molar-refractivity contribution in [3.63, 3.8) is 0 Å². The maximum Gasteiger partial charge on any atom is 0.244 e. The van der Waals surface area contributed by atoms with Crippen LogP contribution in [0, 0.1) is 5.92 Å². The predicted molar refractivity (Wildman–Crippen MR) is 80.4 cm³/mol. The maximum absolute atomic E-state index is 11.8. The van der Waals surface area contributed by atoms with Crippen molar-refractivity contribution in [1.29, 1.82) is 0 Å². The molecule has 0 aliphatic carbocycles. The first-order chi connectivity index (χ1) is 10.1. The molecule has 1 aliphatic heterocycles. The van der Waals surface area contributed by atoms with Crippen LogP contribution in [0.3, 0.4) is 0 Å². The Hall–Kier alpha value is -1.72. The van der Waals surface area contributed by atoms with Crippen LogP contribution < -0.4 is 5.32 Å². The molecule has 0 radical (unpaired) electrons. The summed E-state index contributed by atoms with van der Waals surface area (Å²) in [6.07, 6.45) is 7.44. The number of carbonyl (C=O) groups excluding carboxylic acids is 1. The van der Waals surface area contributed by atoms with Crippen LogP contribution >= 0.6 is 0 Å². The van der Waals surface area contributed by atoms with E-state index in [1.165, 1.54) is 6.08 Å². The van der Waals surface area contributed by atoms with Gasteiger partial charge in [-0.15, -0.1) is 0 Å². The molecule has 0 saturated carbocycles. The zero-order valence-corrected chi connectivity index (χ0v) is 12.5. The lowest BCUT2D eigenvalue weighted by Gasteiger charge is -2.25. The van der Waals surface area contributed by atoms with E-state index in [0.717, 1.165) is 12.0 Å². The fraction of sp³-hybridized carbons (Fsp3) is 0.500. The number of amides is 1. The van der Waals surface area contributed by atoms with E-state index in [9.17, 15) is 4.79 Å². The van der Waals surface area contributed by atoms with Gasteiger partial charge in [0.15, 0.2) is 5.79 Å². The van der Waals surface area contributed by atoms with E-state index in [-0.39, 0.29) is 11.8 Å². The fourth-order valence-electron chi connectivity index (χ4n) is 2.36. The van der Waals surface area contributed by atoms with Crippen molar-refractivity contribution in [2.45, 2.75) is 26.1 Å². The van der Waals surface area contributed by atoms with Crippen LogP contribution in [0.4, 0.5) is 0 Å². The molecule has 0 aromatic carbocycles. The maximum atomic E-state index is 11.8. The Balaban J connectivity index is 1.72. The van der Waals surface area contributed by atoms with Crippen molar-refractivity contribution in [2.24, 2.45) is 5.92 Å². The summed E-state index contributed by atoms with van der Waals surface area (Å²) in [5.74, 6) is -0.330. The second kappa shape index (κ2) is 7.33. The van der Waals surface area contributed by atoms with Crippen LogP contribution in [0.1, 0.15) is 25.8 Å². The number of nitrogens with one attached hydrogen (secondary N) is 1. The molecule has 1 amide bonds. The molecule has 0 bridgehead atoms. The molecule has 1 saturated heterocycles. The summed E-state index contributed by atoms with van der Waals surface area (Å²) in [4.78, 5) is 15.7. The highest BCUT2D eigenvalue weighted by atomic mass is 16.7. The van der Waals surface area contributed by atoms with Crippen molar-refractivity contribution < 1.29 is 14.3 Å². The molecule has 2 heterocycles. The monoisotopic (exact) mass is 290 g/mol. The topological polar surface area (TPSA) is 60.5 Å². The van der Waals surface area contributed by atoms with Crippen LogP contribution in [0.2, 0.25) is 0 Å². The summed E-state index contributed by atoms with van der Waals surface area (Å²) in [5.41, 5.74) is 0.904. The van der Waals surface area contributed by atoms with Gasteiger partial charge in [0.1, 0.15) is 0 Å². The number of rotatable bonds is 6. The van der Waals surface area contributed by atoms with E-state index in [2.05, 4.69) is 17.2 Å². The van der Waals surface area contributed by atoms with E-state index in [1.54, 1.807) is 18.5 Å². The molecule has 5 heteroatoms. The van der Waals surface area contributed by atoms with Gasteiger partial charge in [0.2, 0.25) is 5.91 Å². The number of pyridine rings is 1. The molecule has 1 aromatic rings. The van der Waals surface area contributed by atoms with Crippen LogP contribution in [0.5, 0.6) is 0 Å². The highest BCUT2D eigenvalue weighted by Crippen LogP contribution is 2.26. The minimum Gasteiger partial charge on any atom is -0.352 e. The number of carbonyl (C=O) groups is 1. The number of hydrogen-bond donors (Lipinski definition) is 1. The highest BCUT2D eigenvalue weighted by Gasteiger charge is 2.32. The Morgan fingerprint density at radius 2 is 2.29 bits per heavy atom. The van der Waals surface area contributed by atoms with Crippen LogP contribution in [-0.2, 0) is 14.3 Å². The summed E-state index contributed by atoms with van der Waals surface area (Å²) < 4.78 is 11.1. The molecular weight excluding hydrogens is 268 g/mol. The Labute approximate surface area is 125 Å². The van der Waals surface area contributed by atoms with E-state index in [0.29, 0.717) is 19.8 Å². The van der Waals surface area contributed by atoms with Crippen molar-refractivity contribution >= 4 is 12.0 Å². The molecule has 5 nitrogen and oxygen atoms in total. The summed E-state index contributed by atoms with van der Waals surface area (Å²) in [6.45, 7) is 5.90. The molecule has 0 spiro atoms. The van der Waals surface area contributed by atoms with E-state index >= 15 is 0 Å². The van der Waals surface area contributed by atoms with Gasteiger partial charge in [0, 0.05) is 31.4 Å². The van der Waals surface area contributed by atoms with Crippen LogP contribution in [0.25, 0.3) is 6.08 Å². The van der Waals surface area contributed by atoms with Gasteiger partial charge in [-0.2, -0.15) is 0 Å². The molecule has 114 valence electrons. The molecule has 1 fully saturated rings. The minimum absolute atomic E-state index is 0.107. The normalized spacial score (nSPS) is 18.8. The molecule has 2 rings (SSSR count). The summed E-state index contributed by atoms with van der Waals surface area (Å²) in [5, 5.41) is 2.89. The second-order valence-electron chi connectivity index (χ2n) is 5.50. The van der Waals surface area contributed by atoms with E-state index in [1.807, 2.05) is 19.1 Å². The lowest BCUT2D eigenvalue weighted by molar-refractivity contribution is -0.154. The SMILES string of the molecule is CC(CNC(=O)C=Cc1cccnc1)CC1(C)OCCO1. The quantitative estimate of drug-likeness (QED) is 0.814. The number of ether oxygens (including phenoxy) is 2. The van der Waals surface area contributed by atoms with Crippen LogP contribution in [-0.4, -0.2) is 36.4 Å². The van der Waals surface area contributed by atoms with Gasteiger partial charge in [-0.05, 0) is 30.5 Å². The molecular formula is C16H22N2O3. The Morgan fingerprint density at radius 1 is 1.52 bits per heavy atom. The minimum atomic E-state index is -0.504. The smallest absolute Gasteiger partial charge is 0.244 e. The molecule has 21 heavy (non-hydrogen) atoms. The standard InChI is InChI=1S/C16H22N2O3/c1-13(10-16(2)20-8-9-21-16)11-18-15(19)6-5-14-4-3-7-17-12-14/h3-7,12-13H,8-11H2,1-2H3,(H,18,19). The number of nitrogens with zero attached hydrogens (tertiary/aromatic N) is 1. The first-order valence-corrected chi connectivity index (χ1v) is 7.21. The summed E-state index contributed by atoms with van der Waals surface area (Å²) >= 11 is 0. The van der Waals surface area contributed by atoms with Gasteiger partial charge >= 0.3 is 0 Å². The van der Waals surface area contributed by atoms with Crippen LogP contribution in [0.15, 0.2) is 30.6 Å². The molecule has 1 atom stereocenters. The first-order valence-electron chi connectivity index (χ1n) is 7.21. The average molecular weight is 290 g/mol. The Bertz CT molecular complexity index is 482. The fourth-order valence-corrected chi connectivity index (χ4v) is 2.36. The van der Waals surface area contributed by atoms with Gasteiger partial charge in [0.25, 0.3) is 0 Å². The third-order valence-corrected chi connectivity index (χ3v) is 3.35. The van der Waals surface area contributed by atoms with Gasteiger partial charge in [-0.3, -0.25) is 9.78 Å². The predicted octanol–water partition coefficient (Wildman–Crippen LogP) is 2.00. The summed E-state index contributed by atoms with van der Waals surface area (Å²) in [7, 11) is 0. The Morgan fingerprint density at radius 3 is 2.95 bits per heavy atom. The van der Waals surface area contributed by atoms with Crippen molar-refractivity contribution in [2.75, 3.05) is 19.8 Å². The Kier molecular flexibility index (Phi) is 5.47. The number of aromatic nitrogens is 1.